The van der Waals surface area contributed by atoms with E-state index in [4.69, 9.17) is 18.0 Å². The first-order chi connectivity index (χ1) is 8.09. The molecule has 2 rings (SSSR count). The van der Waals surface area contributed by atoms with E-state index in [9.17, 15) is 0 Å². The van der Waals surface area contributed by atoms with Crippen molar-refractivity contribution in [3.63, 3.8) is 0 Å². The van der Waals surface area contributed by atoms with Crippen LogP contribution in [0.15, 0.2) is 22.7 Å². The smallest absolute Gasteiger partial charge is 0.107 e. The van der Waals surface area contributed by atoms with E-state index < -0.39 is 0 Å². The lowest BCUT2D eigenvalue weighted by molar-refractivity contribution is 0.438. The number of anilines is 1. The van der Waals surface area contributed by atoms with Crippen molar-refractivity contribution in [2.45, 2.75) is 19.8 Å². The maximum atomic E-state index is 5.82. The highest BCUT2D eigenvalue weighted by Gasteiger charge is 2.20. The van der Waals surface area contributed by atoms with Crippen molar-refractivity contribution >= 4 is 38.8 Å². The van der Waals surface area contributed by atoms with E-state index in [1.54, 1.807) is 0 Å². The Labute approximate surface area is 116 Å². The molecule has 0 radical (unpaired) electrons. The summed E-state index contributed by atoms with van der Waals surface area (Å²) < 4.78 is 0.987. The Kier molecular flexibility index (Phi) is 4.05. The fourth-order valence-corrected chi connectivity index (χ4v) is 3.18. The summed E-state index contributed by atoms with van der Waals surface area (Å²) in [7, 11) is 0. The summed E-state index contributed by atoms with van der Waals surface area (Å²) in [5, 5.41) is 0. The zero-order valence-corrected chi connectivity index (χ0v) is 12.4. The maximum Gasteiger partial charge on any atom is 0.107 e. The zero-order chi connectivity index (χ0) is 12.4. The van der Waals surface area contributed by atoms with Gasteiger partial charge in [-0.25, -0.2) is 0 Å². The Morgan fingerprint density at radius 3 is 2.65 bits per heavy atom. The second kappa shape index (κ2) is 5.36. The molecule has 0 amide bonds. The molecule has 1 aromatic carbocycles. The van der Waals surface area contributed by atoms with Gasteiger partial charge in [0.2, 0.25) is 0 Å². The van der Waals surface area contributed by atoms with Crippen LogP contribution in [-0.4, -0.2) is 18.1 Å². The van der Waals surface area contributed by atoms with Crippen molar-refractivity contribution in [2.24, 2.45) is 11.7 Å². The molecule has 1 fully saturated rings. The number of halogens is 1. The van der Waals surface area contributed by atoms with Crippen LogP contribution in [0.5, 0.6) is 0 Å². The van der Waals surface area contributed by atoms with Crippen molar-refractivity contribution < 1.29 is 0 Å². The third-order valence-electron chi connectivity index (χ3n) is 3.36. The van der Waals surface area contributed by atoms with Crippen LogP contribution in [0.25, 0.3) is 0 Å². The van der Waals surface area contributed by atoms with Gasteiger partial charge in [0, 0.05) is 28.8 Å². The second-order valence-corrected chi connectivity index (χ2v) is 5.96. The number of piperidine rings is 1. The van der Waals surface area contributed by atoms with Crippen LogP contribution in [0.1, 0.15) is 25.3 Å². The van der Waals surface area contributed by atoms with E-state index >= 15 is 0 Å². The minimum atomic E-state index is 0.464. The van der Waals surface area contributed by atoms with E-state index in [0.29, 0.717) is 4.99 Å². The summed E-state index contributed by atoms with van der Waals surface area (Å²) in [6.07, 6.45) is 2.48. The molecular formula is C13H17BrN2S. The van der Waals surface area contributed by atoms with Crippen molar-refractivity contribution in [1.82, 2.24) is 0 Å². The highest BCUT2D eigenvalue weighted by Crippen LogP contribution is 2.30. The molecule has 0 unspecified atom stereocenters. The number of thiocarbonyl (C=S) groups is 1. The summed E-state index contributed by atoms with van der Waals surface area (Å²) in [6, 6.07) is 6.14. The van der Waals surface area contributed by atoms with Gasteiger partial charge in [-0.1, -0.05) is 25.2 Å². The number of hydrogen-bond acceptors (Lipinski definition) is 2. The van der Waals surface area contributed by atoms with E-state index in [2.05, 4.69) is 33.8 Å². The lowest BCUT2D eigenvalue weighted by Crippen LogP contribution is -2.34. The molecule has 1 aromatic rings. The molecule has 4 heteroatoms. The van der Waals surface area contributed by atoms with Crippen LogP contribution < -0.4 is 10.6 Å². The average Bonchev–Trinajstić information content (AvgIpc) is 2.29. The molecular weight excluding hydrogens is 296 g/mol. The van der Waals surface area contributed by atoms with E-state index in [-0.39, 0.29) is 0 Å². The largest absolute Gasteiger partial charge is 0.389 e. The van der Waals surface area contributed by atoms with Gasteiger partial charge in [-0.15, -0.1) is 0 Å². The second-order valence-electron chi connectivity index (χ2n) is 4.67. The Hall–Kier alpha value is -0.610. The molecule has 0 aliphatic carbocycles. The predicted molar refractivity (Wildman–Crippen MR) is 80.6 cm³/mol. The highest BCUT2D eigenvalue weighted by molar-refractivity contribution is 9.10. The van der Waals surface area contributed by atoms with Gasteiger partial charge in [-0.3, -0.25) is 0 Å². The Morgan fingerprint density at radius 1 is 1.41 bits per heavy atom. The van der Waals surface area contributed by atoms with Crippen LogP contribution in [0.4, 0.5) is 5.69 Å². The van der Waals surface area contributed by atoms with Gasteiger partial charge in [0.15, 0.2) is 0 Å². The van der Waals surface area contributed by atoms with Crippen molar-refractivity contribution in [3.05, 3.63) is 28.2 Å². The molecule has 2 nitrogen and oxygen atoms in total. The van der Waals surface area contributed by atoms with Crippen molar-refractivity contribution in [2.75, 3.05) is 18.0 Å². The molecule has 92 valence electrons. The zero-order valence-electron chi connectivity index (χ0n) is 9.95. The molecule has 0 aromatic heterocycles. The fourth-order valence-electron chi connectivity index (χ4n) is 2.27. The molecule has 17 heavy (non-hydrogen) atoms. The Morgan fingerprint density at radius 2 is 2.06 bits per heavy atom. The van der Waals surface area contributed by atoms with Crippen LogP contribution in [-0.2, 0) is 0 Å². The van der Waals surface area contributed by atoms with Gasteiger partial charge in [-0.05, 0) is 46.8 Å². The summed E-state index contributed by atoms with van der Waals surface area (Å²) >= 11 is 8.68. The standard InChI is InChI=1S/C13H17BrN2S/c1-9-5-7-16(8-6-9)11-4-2-3-10(14)12(11)13(15)17/h2-4,9H,5-8H2,1H3,(H2,15,17). The minimum Gasteiger partial charge on any atom is -0.389 e. The van der Waals surface area contributed by atoms with Gasteiger partial charge in [-0.2, -0.15) is 0 Å². The molecule has 1 aliphatic rings. The number of rotatable bonds is 2. The molecule has 0 spiro atoms. The van der Waals surface area contributed by atoms with Crippen LogP contribution in [0.3, 0.4) is 0 Å². The quantitative estimate of drug-likeness (QED) is 0.849. The third-order valence-corrected chi connectivity index (χ3v) is 4.23. The number of nitrogens with two attached hydrogens (primary N) is 1. The molecule has 0 atom stereocenters. The van der Waals surface area contributed by atoms with Crippen LogP contribution in [0, 0.1) is 5.92 Å². The van der Waals surface area contributed by atoms with Crippen LogP contribution in [0.2, 0.25) is 0 Å². The molecule has 2 N–H and O–H groups in total. The summed E-state index contributed by atoms with van der Waals surface area (Å²) in [5.74, 6) is 0.826. The molecule has 1 saturated heterocycles. The van der Waals surface area contributed by atoms with E-state index in [0.717, 1.165) is 29.0 Å². The highest BCUT2D eigenvalue weighted by atomic mass is 79.9. The summed E-state index contributed by atoms with van der Waals surface area (Å²) in [6.45, 7) is 4.49. The molecule has 1 heterocycles. The first kappa shape index (κ1) is 12.8. The van der Waals surface area contributed by atoms with Gasteiger partial charge >= 0.3 is 0 Å². The van der Waals surface area contributed by atoms with Crippen molar-refractivity contribution in [3.8, 4) is 0 Å². The molecule has 0 saturated carbocycles. The number of nitrogens with zero attached hydrogens (tertiary/aromatic N) is 1. The SMILES string of the molecule is CC1CCN(c2cccc(Br)c2C(N)=S)CC1. The topological polar surface area (TPSA) is 29.3 Å². The van der Waals surface area contributed by atoms with Gasteiger partial charge < -0.3 is 10.6 Å². The van der Waals surface area contributed by atoms with E-state index in [1.165, 1.54) is 18.5 Å². The first-order valence-electron chi connectivity index (χ1n) is 5.93. The number of hydrogen-bond donors (Lipinski definition) is 1. The molecule has 1 aliphatic heterocycles. The summed E-state index contributed by atoms with van der Waals surface area (Å²) in [5.41, 5.74) is 7.96. The monoisotopic (exact) mass is 312 g/mol. The normalized spacial score (nSPS) is 17.2. The average molecular weight is 313 g/mol. The predicted octanol–water partition coefficient (Wildman–Crippen LogP) is 3.32. The lowest BCUT2D eigenvalue weighted by Gasteiger charge is -2.33. The van der Waals surface area contributed by atoms with Gasteiger partial charge in [0.25, 0.3) is 0 Å². The Balaban J connectivity index is 2.32. The summed E-state index contributed by atoms with van der Waals surface area (Å²) in [4.78, 5) is 2.85. The first-order valence-corrected chi connectivity index (χ1v) is 7.13. The van der Waals surface area contributed by atoms with E-state index in [1.807, 2.05) is 12.1 Å². The van der Waals surface area contributed by atoms with Gasteiger partial charge in [0.1, 0.15) is 4.99 Å². The lowest BCUT2D eigenvalue weighted by atomic mass is 9.98. The van der Waals surface area contributed by atoms with Crippen LogP contribution >= 0.6 is 28.1 Å². The maximum absolute atomic E-state index is 5.82. The number of benzene rings is 1. The Bertz CT molecular complexity index is 425. The fraction of sp³-hybridized carbons (Fsp3) is 0.462. The molecule has 0 bridgehead atoms. The minimum absolute atomic E-state index is 0.464. The van der Waals surface area contributed by atoms with Gasteiger partial charge in [0.05, 0.1) is 0 Å². The third kappa shape index (κ3) is 2.80. The van der Waals surface area contributed by atoms with Crippen molar-refractivity contribution in [1.29, 1.82) is 0 Å².